The fourth-order valence-electron chi connectivity index (χ4n) is 2.15. The number of hydrogen-bond acceptors (Lipinski definition) is 3. The van der Waals surface area contributed by atoms with Crippen LogP contribution in [-0.2, 0) is 9.53 Å². The molecule has 1 aromatic rings. The van der Waals surface area contributed by atoms with E-state index in [9.17, 15) is 9.90 Å². The van der Waals surface area contributed by atoms with Gasteiger partial charge in [-0.15, -0.1) is 0 Å². The number of hydrogen-bond donors (Lipinski definition) is 1. The molecule has 0 amide bonds. The van der Waals surface area contributed by atoms with Crippen LogP contribution in [0.5, 0.6) is 0 Å². The minimum atomic E-state index is -0.843. The van der Waals surface area contributed by atoms with Crippen molar-refractivity contribution in [2.75, 3.05) is 18.6 Å². The lowest BCUT2D eigenvalue weighted by molar-refractivity contribution is -0.138. The van der Waals surface area contributed by atoms with Crippen molar-refractivity contribution in [3.63, 3.8) is 0 Å². The van der Waals surface area contributed by atoms with Gasteiger partial charge in [0.05, 0.1) is 16.8 Å². The van der Waals surface area contributed by atoms with Crippen LogP contribution in [-0.4, -0.2) is 36.9 Å². The van der Waals surface area contributed by atoms with E-state index >= 15 is 0 Å². The highest BCUT2D eigenvalue weighted by Gasteiger charge is 2.37. The van der Waals surface area contributed by atoms with Gasteiger partial charge in [0, 0.05) is 20.1 Å². The van der Waals surface area contributed by atoms with Gasteiger partial charge in [0.1, 0.15) is 6.04 Å². The molecule has 1 heterocycles. The molecule has 0 radical (unpaired) electrons. The Kier molecular flexibility index (Phi) is 3.54. The minimum Gasteiger partial charge on any atom is -0.480 e. The minimum absolute atomic E-state index is 0.0626. The third-order valence-electron chi connectivity index (χ3n) is 3.04. The normalized spacial score (nSPS) is 24.0. The van der Waals surface area contributed by atoms with Crippen molar-refractivity contribution >= 4 is 23.3 Å². The highest BCUT2D eigenvalue weighted by Crippen LogP contribution is 2.32. The summed E-state index contributed by atoms with van der Waals surface area (Å²) in [6.07, 6.45) is 0.421. The van der Waals surface area contributed by atoms with E-state index in [1.165, 1.54) is 0 Å². The van der Waals surface area contributed by atoms with Crippen LogP contribution in [0.25, 0.3) is 0 Å². The van der Waals surface area contributed by atoms with Crippen LogP contribution in [0.3, 0.4) is 0 Å². The van der Waals surface area contributed by atoms with E-state index in [-0.39, 0.29) is 6.10 Å². The molecule has 17 heavy (non-hydrogen) atoms. The van der Waals surface area contributed by atoms with Crippen LogP contribution >= 0.6 is 11.6 Å². The summed E-state index contributed by atoms with van der Waals surface area (Å²) in [6.45, 7) is 0.553. The Labute approximate surface area is 105 Å². The molecule has 92 valence electrons. The van der Waals surface area contributed by atoms with E-state index in [1.54, 1.807) is 18.1 Å². The first-order chi connectivity index (χ1) is 8.13. The molecule has 0 spiro atoms. The number of aliphatic carboxylic acids is 1. The van der Waals surface area contributed by atoms with Crippen LogP contribution in [0, 0.1) is 0 Å². The van der Waals surface area contributed by atoms with Crippen molar-refractivity contribution in [3.8, 4) is 0 Å². The van der Waals surface area contributed by atoms with Crippen LogP contribution in [0.4, 0.5) is 5.69 Å². The number of carboxylic acids is 1. The van der Waals surface area contributed by atoms with E-state index in [0.717, 1.165) is 5.69 Å². The van der Waals surface area contributed by atoms with Gasteiger partial charge in [-0.2, -0.15) is 0 Å². The number of halogens is 1. The smallest absolute Gasteiger partial charge is 0.326 e. The molecule has 1 saturated heterocycles. The van der Waals surface area contributed by atoms with Crippen molar-refractivity contribution in [1.29, 1.82) is 0 Å². The quantitative estimate of drug-likeness (QED) is 0.898. The van der Waals surface area contributed by atoms with E-state index in [1.807, 2.05) is 18.2 Å². The molecule has 0 aromatic heterocycles. The summed E-state index contributed by atoms with van der Waals surface area (Å²) in [5.41, 5.74) is 0.751. The Morgan fingerprint density at radius 2 is 2.24 bits per heavy atom. The number of benzene rings is 1. The van der Waals surface area contributed by atoms with Crippen molar-refractivity contribution in [2.24, 2.45) is 0 Å². The Bertz CT molecular complexity index is 424. The van der Waals surface area contributed by atoms with Crippen LogP contribution in [0.2, 0.25) is 5.02 Å². The summed E-state index contributed by atoms with van der Waals surface area (Å²) in [5, 5.41) is 9.77. The number of methoxy groups -OCH3 is 1. The average molecular weight is 256 g/mol. The number of nitrogens with zero attached hydrogens (tertiary/aromatic N) is 1. The van der Waals surface area contributed by atoms with Gasteiger partial charge in [0.15, 0.2) is 0 Å². The zero-order chi connectivity index (χ0) is 12.4. The molecule has 0 saturated carbocycles. The van der Waals surface area contributed by atoms with E-state index < -0.39 is 12.0 Å². The predicted molar refractivity (Wildman–Crippen MR) is 65.6 cm³/mol. The summed E-state index contributed by atoms with van der Waals surface area (Å²) in [6, 6.07) is 6.69. The fourth-order valence-corrected chi connectivity index (χ4v) is 2.40. The zero-order valence-electron chi connectivity index (χ0n) is 9.47. The first-order valence-electron chi connectivity index (χ1n) is 5.40. The van der Waals surface area contributed by atoms with Gasteiger partial charge in [0.25, 0.3) is 0 Å². The Hall–Kier alpha value is -1.26. The Balaban J connectivity index is 2.30. The van der Waals surface area contributed by atoms with Gasteiger partial charge in [-0.25, -0.2) is 4.79 Å². The van der Waals surface area contributed by atoms with Crippen LogP contribution in [0.1, 0.15) is 6.42 Å². The third kappa shape index (κ3) is 2.37. The average Bonchev–Trinajstić information content (AvgIpc) is 2.73. The number of ether oxygens (including phenoxy) is 1. The number of carbonyl (C=O) groups is 1. The molecule has 0 bridgehead atoms. The molecule has 1 aliphatic rings. The third-order valence-corrected chi connectivity index (χ3v) is 3.36. The molecule has 2 atom stereocenters. The first-order valence-corrected chi connectivity index (χ1v) is 5.78. The number of para-hydroxylation sites is 1. The van der Waals surface area contributed by atoms with Gasteiger partial charge < -0.3 is 14.7 Å². The Morgan fingerprint density at radius 3 is 2.82 bits per heavy atom. The molecule has 0 aliphatic carbocycles. The largest absolute Gasteiger partial charge is 0.480 e. The molecule has 1 aromatic carbocycles. The highest BCUT2D eigenvalue weighted by molar-refractivity contribution is 6.33. The zero-order valence-corrected chi connectivity index (χ0v) is 10.2. The summed E-state index contributed by atoms with van der Waals surface area (Å²) < 4.78 is 5.24. The first kappa shape index (κ1) is 12.2. The second-order valence-corrected chi connectivity index (χ2v) is 4.46. The maximum Gasteiger partial charge on any atom is 0.326 e. The van der Waals surface area contributed by atoms with Crippen molar-refractivity contribution in [1.82, 2.24) is 0 Å². The maximum atomic E-state index is 11.2. The summed E-state index contributed by atoms with van der Waals surface area (Å²) in [4.78, 5) is 13.0. The summed E-state index contributed by atoms with van der Waals surface area (Å²) in [5.74, 6) is -0.843. The van der Waals surface area contributed by atoms with Crippen LogP contribution < -0.4 is 4.90 Å². The fraction of sp³-hybridized carbons (Fsp3) is 0.417. The van der Waals surface area contributed by atoms with Gasteiger partial charge in [-0.1, -0.05) is 23.7 Å². The lowest BCUT2D eigenvalue weighted by atomic mass is 10.2. The van der Waals surface area contributed by atoms with Gasteiger partial charge in [0.2, 0.25) is 0 Å². The molecule has 1 aliphatic heterocycles. The molecule has 2 rings (SSSR count). The second kappa shape index (κ2) is 4.94. The van der Waals surface area contributed by atoms with E-state index in [4.69, 9.17) is 16.3 Å². The molecule has 2 unspecified atom stereocenters. The molecular formula is C12H14ClNO3. The van der Waals surface area contributed by atoms with E-state index in [2.05, 4.69) is 0 Å². The number of carboxylic acid groups (broad SMARTS) is 1. The van der Waals surface area contributed by atoms with Gasteiger partial charge in [-0.05, 0) is 12.1 Å². The molecule has 1 fully saturated rings. The maximum absolute atomic E-state index is 11.2. The lowest BCUT2D eigenvalue weighted by Gasteiger charge is -2.24. The molecular weight excluding hydrogens is 242 g/mol. The molecule has 1 N–H and O–H groups in total. The van der Waals surface area contributed by atoms with E-state index in [0.29, 0.717) is 18.0 Å². The standard InChI is InChI=1S/C12H14ClNO3/c1-17-8-6-11(12(15)16)14(7-8)10-5-3-2-4-9(10)13/h2-5,8,11H,6-7H2,1H3,(H,15,16). The van der Waals surface area contributed by atoms with Crippen molar-refractivity contribution in [2.45, 2.75) is 18.6 Å². The second-order valence-electron chi connectivity index (χ2n) is 4.05. The lowest BCUT2D eigenvalue weighted by Crippen LogP contribution is -2.36. The molecule has 4 nitrogen and oxygen atoms in total. The monoisotopic (exact) mass is 255 g/mol. The summed E-state index contributed by atoms with van der Waals surface area (Å²) in [7, 11) is 1.60. The summed E-state index contributed by atoms with van der Waals surface area (Å²) >= 11 is 6.09. The van der Waals surface area contributed by atoms with Gasteiger partial charge in [-0.3, -0.25) is 0 Å². The van der Waals surface area contributed by atoms with Crippen LogP contribution in [0.15, 0.2) is 24.3 Å². The van der Waals surface area contributed by atoms with Gasteiger partial charge >= 0.3 is 5.97 Å². The van der Waals surface area contributed by atoms with Crippen molar-refractivity contribution in [3.05, 3.63) is 29.3 Å². The SMILES string of the molecule is COC1CC(C(=O)O)N(c2ccccc2Cl)C1. The van der Waals surface area contributed by atoms with Crippen molar-refractivity contribution < 1.29 is 14.6 Å². The topological polar surface area (TPSA) is 49.8 Å². The predicted octanol–water partition coefficient (Wildman–Crippen LogP) is 2.02. The number of rotatable bonds is 3. The Morgan fingerprint density at radius 1 is 1.53 bits per heavy atom. The molecule has 5 heteroatoms. The highest BCUT2D eigenvalue weighted by atomic mass is 35.5. The number of anilines is 1.